The second-order valence-corrected chi connectivity index (χ2v) is 4.97. The van der Waals surface area contributed by atoms with Crippen molar-refractivity contribution >= 4 is 5.97 Å². The molecule has 0 fully saturated rings. The fourth-order valence-corrected chi connectivity index (χ4v) is 2.02. The van der Waals surface area contributed by atoms with Gasteiger partial charge in [-0.2, -0.15) is 0 Å². The van der Waals surface area contributed by atoms with Gasteiger partial charge in [0.05, 0.1) is 13.0 Å². The number of aliphatic carboxylic acids is 1. The van der Waals surface area contributed by atoms with E-state index in [4.69, 9.17) is 5.11 Å². The van der Waals surface area contributed by atoms with Crippen LogP contribution in [0.15, 0.2) is 33.9 Å². The van der Waals surface area contributed by atoms with E-state index in [1.54, 1.807) is 38.1 Å². The molecule has 0 bridgehead atoms. The van der Waals surface area contributed by atoms with E-state index in [9.17, 15) is 14.4 Å². The van der Waals surface area contributed by atoms with Crippen LogP contribution in [-0.4, -0.2) is 20.9 Å². The number of benzene rings is 1. The van der Waals surface area contributed by atoms with Gasteiger partial charge >= 0.3 is 5.97 Å². The zero-order valence-corrected chi connectivity index (χ0v) is 11.8. The van der Waals surface area contributed by atoms with Crippen LogP contribution in [0.5, 0.6) is 0 Å². The lowest BCUT2D eigenvalue weighted by Gasteiger charge is -2.08. The summed E-state index contributed by atoms with van der Waals surface area (Å²) in [5.74, 6) is -0.891. The minimum absolute atomic E-state index is 0.0410. The van der Waals surface area contributed by atoms with E-state index in [2.05, 4.69) is 5.10 Å². The number of carboxylic acids is 1. The number of aromatic nitrogens is 2. The van der Waals surface area contributed by atoms with Gasteiger partial charge in [-0.25, -0.2) is 4.68 Å². The molecule has 1 aromatic heterocycles. The summed E-state index contributed by atoms with van der Waals surface area (Å²) in [6, 6.07) is 6.90. The van der Waals surface area contributed by atoms with Crippen LogP contribution in [0.25, 0.3) is 0 Å². The number of H-pyrrole nitrogens is 1. The van der Waals surface area contributed by atoms with Gasteiger partial charge in [0.15, 0.2) is 0 Å². The number of aromatic amines is 1. The highest BCUT2D eigenvalue weighted by Crippen LogP contribution is 2.06. The molecule has 6 nitrogen and oxygen atoms in total. The van der Waals surface area contributed by atoms with Gasteiger partial charge in [-0.1, -0.05) is 24.3 Å². The molecular weight excluding hydrogens is 272 g/mol. The molecule has 2 aromatic rings. The highest BCUT2D eigenvalue weighted by Gasteiger charge is 2.08. The van der Waals surface area contributed by atoms with Crippen molar-refractivity contribution in [2.75, 3.05) is 0 Å². The van der Waals surface area contributed by atoms with Crippen molar-refractivity contribution < 1.29 is 9.90 Å². The first-order valence-corrected chi connectivity index (χ1v) is 6.48. The van der Waals surface area contributed by atoms with Gasteiger partial charge in [0.1, 0.15) is 0 Å². The zero-order valence-electron chi connectivity index (χ0n) is 11.8. The van der Waals surface area contributed by atoms with Gasteiger partial charge < -0.3 is 5.11 Å². The predicted molar refractivity (Wildman–Crippen MR) is 77.7 cm³/mol. The largest absolute Gasteiger partial charge is 0.481 e. The molecule has 1 aromatic carbocycles. The lowest BCUT2D eigenvalue weighted by Crippen LogP contribution is -2.33. The highest BCUT2D eigenvalue weighted by atomic mass is 16.4. The van der Waals surface area contributed by atoms with E-state index in [-0.39, 0.29) is 24.1 Å². The molecule has 6 heteroatoms. The first kappa shape index (κ1) is 14.8. The van der Waals surface area contributed by atoms with Gasteiger partial charge in [-0.15, -0.1) is 0 Å². The molecule has 0 aliphatic heterocycles. The van der Waals surface area contributed by atoms with Gasteiger partial charge in [-0.3, -0.25) is 19.5 Å². The Balaban J connectivity index is 2.29. The van der Waals surface area contributed by atoms with Crippen molar-refractivity contribution in [1.82, 2.24) is 9.78 Å². The molecular formula is C15H16N2O4. The topological polar surface area (TPSA) is 92.2 Å². The van der Waals surface area contributed by atoms with Crippen LogP contribution in [0.1, 0.15) is 22.3 Å². The van der Waals surface area contributed by atoms with Crippen molar-refractivity contribution in [3.05, 3.63) is 67.2 Å². The Morgan fingerprint density at radius 1 is 1.10 bits per heavy atom. The minimum Gasteiger partial charge on any atom is -0.481 e. The van der Waals surface area contributed by atoms with Gasteiger partial charge in [0.25, 0.3) is 11.1 Å². The number of rotatable bonds is 4. The van der Waals surface area contributed by atoms with Crippen molar-refractivity contribution in [3.8, 4) is 0 Å². The number of carboxylic acid groups (broad SMARTS) is 1. The molecule has 0 radical (unpaired) electrons. The fourth-order valence-electron chi connectivity index (χ4n) is 2.02. The number of hydrogen-bond acceptors (Lipinski definition) is 3. The number of nitrogens with one attached hydrogen (secondary N) is 1. The number of nitrogens with zero attached hydrogens (tertiary/aromatic N) is 1. The first-order valence-electron chi connectivity index (χ1n) is 6.48. The standard InChI is InChI=1S/C15H16N2O4/c1-9-10(2)15(21)17(16-14(9)20)8-12-5-3-11(4-6-12)7-13(18)19/h3-6H,7-8H2,1-2H3,(H,16,20)(H,18,19). The maximum atomic E-state index is 12.1. The molecule has 0 saturated heterocycles. The van der Waals surface area contributed by atoms with E-state index >= 15 is 0 Å². The Hall–Kier alpha value is -2.63. The third kappa shape index (κ3) is 3.28. The maximum absolute atomic E-state index is 12.1. The molecule has 21 heavy (non-hydrogen) atoms. The molecule has 0 saturated carbocycles. The summed E-state index contributed by atoms with van der Waals surface area (Å²) in [6.07, 6.45) is -0.0410. The van der Waals surface area contributed by atoms with Crippen LogP contribution < -0.4 is 11.1 Å². The summed E-state index contributed by atoms with van der Waals surface area (Å²) in [7, 11) is 0. The molecule has 0 unspecified atom stereocenters. The van der Waals surface area contributed by atoms with E-state index in [1.165, 1.54) is 4.68 Å². The minimum atomic E-state index is -0.891. The highest BCUT2D eigenvalue weighted by molar-refractivity contribution is 5.70. The predicted octanol–water partition coefficient (Wildman–Crippen LogP) is 0.829. The van der Waals surface area contributed by atoms with Crippen LogP contribution in [0.2, 0.25) is 0 Å². The molecule has 0 spiro atoms. The van der Waals surface area contributed by atoms with Crippen LogP contribution in [-0.2, 0) is 17.8 Å². The lowest BCUT2D eigenvalue weighted by molar-refractivity contribution is -0.136. The molecule has 0 atom stereocenters. The normalized spacial score (nSPS) is 10.6. The van der Waals surface area contributed by atoms with Gasteiger partial charge in [0.2, 0.25) is 0 Å². The summed E-state index contributed by atoms with van der Waals surface area (Å²) in [6.45, 7) is 3.47. The molecule has 2 N–H and O–H groups in total. The number of carbonyl (C=O) groups is 1. The summed E-state index contributed by atoms with van der Waals surface area (Å²) < 4.78 is 1.26. The molecule has 110 valence electrons. The van der Waals surface area contributed by atoms with Gasteiger partial charge in [0, 0.05) is 11.1 Å². The van der Waals surface area contributed by atoms with Crippen LogP contribution in [0.3, 0.4) is 0 Å². The van der Waals surface area contributed by atoms with Crippen LogP contribution in [0.4, 0.5) is 0 Å². The van der Waals surface area contributed by atoms with E-state index < -0.39 is 5.97 Å². The molecule has 1 heterocycles. The lowest BCUT2D eigenvalue weighted by atomic mass is 10.1. The van der Waals surface area contributed by atoms with Crippen molar-refractivity contribution in [1.29, 1.82) is 0 Å². The second-order valence-electron chi connectivity index (χ2n) is 4.97. The first-order chi connectivity index (χ1) is 9.88. The molecule has 0 amide bonds. The second kappa shape index (κ2) is 5.78. The fraction of sp³-hybridized carbons (Fsp3) is 0.267. The molecule has 0 aliphatic rings. The summed E-state index contributed by atoms with van der Waals surface area (Å²) in [5, 5.41) is 11.2. The van der Waals surface area contributed by atoms with Crippen molar-refractivity contribution in [2.24, 2.45) is 0 Å². The Bertz CT molecular complexity index is 785. The SMILES string of the molecule is Cc1c(C)c(=O)n(Cc2ccc(CC(=O)O)cc2)[nH]c1=O. The van der Waals surface area contributed by atoms with Crippen LogP contribution >= 0.6 is 0 Å². The summed E-state index contributed by atoms with van der Waals surface area (Å²) in [4.78, 5) is 34.4. The number of hydrogen-bond donors (Lipinski definition) is 2. The Morgan fingerprint density at radius 3 is 2.24 bits per heavy atom. The third-order valence-corrected chi connectivity index (χ3v) is 3.42. The Kier molecular flexibility index (Phi) is 4.07. The average Bonchev–Trinajstić information content (AvgIpc) is 2.44. The maximum Gasteiger partial charge on any atom is 0.307 e. The molecule has 0 aliphatic carbocycles. The van der Waals surface area contributed by atoms with Crippen LogP contribution in [0, 0.1) is 13.8 Å². The smallest absolute Gasteiger partial charge is 0.307 e. The monoisotopic (exact) mass is 288 g/mol. The quantitative estimate of drug-likeness (QED) is 0.871. The van der Waals surface area contributed by atoms with E-state index in [0.717, 1.165) is 5.56 Å². The average molecular weight is 288 g/mol. The van der Waals surface area contributed by atoms with E-state index in [0.29, 0.717) is 16.7 Å². The van der Waals surface area contributed by atoms with Gasteiger partial charge in [-0.05, 0) is 25.0 Å². The molecule has 2 rings (SSSR count). The van der Waals surface area contributed by atoms with Crippen molar-refractivity contribution in [2.45, 2.75) is 26.8 Å². The summed E-state index contributed by atoms with van der Waals surface area (Å²) in [5.41, 5.74) is 1.84. The van der Waals surface area contributed by atoms with E-state index in [1.807, 2.05) is 0 Å². The Labute approximate surface area is 120 Å². The Morgan fingerprint density at radius 2 is 1.67 bits per heavy atom. The zero-order chi connectivity index (χ0) is 15.6. The summed E-state index contributed by atoms with van der Waals surface area (Å²) >= 11 is 0. The van der Waals surface area contributed by atoms with Crippen molar-refractivity contribution in [3.63, 3.8) is 0 Å². The third-order valence-electron chi connectivity index (χ3n) is 3.42.